The molecule has 0 saturated carbocycles. The Hall–Kier alpha value is -0.770. The molecule has 1 heterocycles. The molecule has 0 unspecified atom stereocenters. The summed E-state index contributed by atoms with van der Waals surface area (Å²) in [4.78, 5) is 3.18. The Balaban J connectivity index is 2.62. The molecule has 0 aliphatic rings. The van der Waals surface area contributed by atoms with Gasteiger partial charge in [-0.15, -0.1) is 0 Å². The number of aromatic amines is 1. The van der Waals surface area contributed by atoms with Crippen molar-refractivity contribution in [1.29, 1.82) is 0 Å². The van der Waals surface area contributed by atoms with Gasteiger partial charge in [0.05, 0.1) is 15.7 Å². The first kappa shape index (κ1) is 9.77. The molecule has 0 radical (unpaired) electrons. The fraction of sp³-hybridized carbons (Fsp3) is 0. The summed E-state index contributed by atoms with van der Waals surface area (Å²) in [6, 6.07) is 5.37. The Morgan fingerprint density at radius 3 is 2.71 bits per heavy atom. The standard InChI is InChI=1S/C9H5Cl2NOS/c10-6-3-1-2-5(8(6)11)7-4-13-9(14)12-7/h1-4H,(H,12,14). The van der Waals surface area contributed by atoms with E-state index in [9.17, 15) is 0 Å². The highest BCUT2D eigenvalue weighted by atomic mass is 35.5. The first-order valence-corrected chi connectivity index (χ1v) is 4.97. The molecule has 2 aromatic rings. The maximum atomic E-state index is 6.01. The second kappa shape index (κ2) is 3.77. The minimum atomic E-state index is 0.316. The van der Waals surface area contributed by atoms with E-state index in [1.165, 1.54) is 6.26 Å². The second-order valence-electron chi connectivity index (χ2n) is 2.66. The van der Waals surface area contributed by atoms with E-state index >= 15 is 0 Å². The van der Waals surface area contributed by atoms with E-state index in [1.807, 2.05) is 12.1 Å². The molecule has 2 rings (SSSR count). The van der Waals surface area contributed by atoms with Crippen LogP contribution in [0.1, 0.15) is 0 Å². The topological polar surface area (TPSA) is 28.9 Å². The highest BCUT2D eigenvalue weighted by Crippen LogP contribution is 2.32. The summed E-state index contributed by atoms with van der Waals surface area (Å²) in [7, 11) is 0. The Morgan fingerprint density at radius 1 is 1.29 bits per heavy atom. The number of hydrogen-bond acceptors (Lipinski definition) is 2. The van der Waals surface area contributed by atoms with Crippen LogP contribution in [0.2, 0.25) is 10.0 Å². The lowest BCUT2D eigenvalue weighted by Crippen LogP contribution is -1.79. The van der Waals surface area contributed by atoms with E-state index < -0.39 is 0 Å². The maximum absolute atomic E-state index is 6.01. The zero-order valence-electron chi connectivity index (χ0n) is 6.88. The first-order chi connectivity index (χ1) is 6.68. The molecule has 1 aromatic carbocycles. The summed E-state index contributed by atoms with van der Waals surface area (Å²) < 4.78 is 4.97. The molecule has 1 N–H and O–H groups in total. The molecule has 14 heavy (non-hydrogen) atoms. The minimum absolute atomic E-state index is 0.316. The van der Waals surface area contributed by atoms with E-state index in [2.05, 4.69) is 4.98 Å². The Bertz CT molecular complexity index is 518. The molecule has 0 bridgehead atoms. The number of benzene rings is 1. The molecule has 2 nitrogen and oxygen atoms in total. The minimum Gasteiger partial charge on any atom is -0.437 e. The molecule has 5 heteroatoms. The van der Waals surface area contributed by atoms with Crippen molar-refractivity contribution in [2.24, 2.45) is 0 Å². The van der Waals surface area contributed by atoms with Crippen molar-refractivity contribution in [1.82, 2.24) is 4.98 Å². The van der Waals surface area contributed by atoms with Crippen molar-refractivity contribution in [3.05, 3.63) is 39.3 Å². The van der Waals surface area contributed by atoms with Crippen molar-refractivity contribution in [3.63, 3.8) is 0 Å². The van der Waals surface area contributed by atoms with E-state index in [0.29, 0.717) is 14.9 Å². The van der Waals surface area contributed by atoms with E-state index in [-0.39, 0.29) is 0 Å². The highest BCUT2D eigenvalue weighted by Gasteiger charge is 2.08. The van der Waals surface area contributed by atoms with Crippen molar-refractivity contribution < 1.29 is 4.42 Å². The smallest absolute Gasteiger partial charge is 0.266 e. The van der Waals surface area contributed by atoms with Crippen molar-refractivity contribution in [2.75, 3.05) is 0 Å². The molecule has 0 spiro atoms. The third-order valence-corrected chi connectivity index (χ3v) is 2.78. The monoisotopic (exact) mass is 245 g/mol. The van der Waals surface area contributed by atoms with Gasteiger partial charge >= 0.3 is 0 Å². The third kappa shape index (κ3) is 1.71. The number of aromatic nitrogens is 1. The fourth-order valence-corrected chi connectivity index (χ4v) is 1.68. The van der Waals surface area contributed by atoms with Crippen LogP contribution in [-0.4, -0.2) is 4.98 Å². The van der Waals surface area contributed by atoms with Crippen LogP contribution in [0.25, 0.3) is 11.3 Å². The third-order valence-electron chi connectivity index (χ3n) is 1.76. The predicted molar refractivity (Wildman–Crippen MR) is 59.3 cm³/mol. The average molecular weight is 246 g/mol. The van der Waals surface area contributed by atoms with Gasteiger partial charge in [-0.05, 0) is 18.3 Å². The van der Waals surface area contributed by atoms with Gasteiger partial charge in [0.15, 0.2) is 0 Å². The fourth-order valence-electron chi connectivity index (χ4n) is 1.12. The molecule has 0 aliphatic heterocycles. The summed E-state index contributed by atoms with van der Waals surface area (Å²) >= 11 is 16.7. The van der Waals surface area contributed by atoms with Gasteiger partial charge in [-0.25, -0.2) is 0 Å². The Morgan fingerprint density at radius 2 is 2.07 bits per heavy atom. The normalized spacial score (nSPS) is 10.4. The van der Waals surface area contributed by atoms with Gasteiger partial charge in [0, 0.05) is 5.56 Å². The Kier molecular flexibility index (Phi) is 2.63. The molecular formula is C9H5Cl2NOS. The van der Waals surface area contributed by atoms with Crippen molar-refractivity contribution in [2.45, 2.75) is 0 Å². The van der Waals surface area contributed by atoms with Gasteiger partial charge < -0.3 is 9.40 Å². The van der Waals surface area contributed by atoms with Crippen LogP contribution in [0.15, 0.2) is 28.9 Å². The summed E-state index contributed by atoms with van der Waals surface area (Å²) in [5.74, 6) is 0. The first-order valence-electron chi connectivity index (χ1n) is 3.80. The lowest BCUT2D eigenvalue weighted by atomic mass is 10.2. The van der Waals surface area contributed by atoms with Gasteiger partial charge in [0.1, 0.15) is 6.26 Å². The number of nitrogens with one attached hydrogen (secondary N) is 1. The van der Waals surface area contributed by atoms with Crippen LogP contribution in [0.5, 0.6) is 0 Å². The summed E-state index contributed by atoms with van der Waals surface area (Å²) in [6.07, 6.45) is 1.51. The van der Waals surface area contributed by atoms with Crippen molar-refractivity contribution >= 4 is 35.4 Å². The van der Waals surface area contributed by atoms with Crippen LogP contribution in [0.3, 0.4) is 0 Å². The lowest BCUT2D eigenvalue weighted by Gasteiger charge is -2.01. The van der Waals surface area contributed by atoms with E-state index in [0.717, 1.165) is 11.3 Å². The number of H-pyrrole nitrogens is 1. The van der Waals surface area contributed by atoms with Gasteiger partial charge in [0.2, 0.25) is 0 Å². The Labute approximate surface area is 95.5 Å². The van der Waals surface area contributed by atoms with E-state index in [4.69, 9.17) is 39.8 Å². The summed E-state index contributed by atoms with van der Waals surface area (Å²) in [5, 5.41) is 0.992. The number of halogens is 2. The van der Waals surface area contributed by atoms with E-state index in [1.54, 1.807) is 6.07 Å². The number of hydrogen-bond donors (Lipinski definition) is 1. The molecule has 0 atom stereocenters. The molecular weight excluding hydrogens is 241 g/mol. The van der Waals surface area contributed by atoms with Crippen LogP contribution < -0.4 is 0 Å². The SMILES string of the molecule is S=c1[nH]c(-c2cccc(Cl)c2Cl)co1. The number of oxazole rings is 1. The zero-order chi connectivity index (χ0) is 10.1. The quantitative estimate of drug-likeness (QED) is 0.759. The molecule has 0 aliphatic carbocycles. The van der Waals surface area contributed by atoms with Gasteiger partial charge in [0.25, 0.3) is 4.84 Å². The van der Waals surface area contributed by atoms with Crippen molar-refractivity contribution in [3.8, 4) is 11.3 Å². The lowest BCUT2D eigenvalue weighted by molar-refractivity contribution is 0.541. The molecule has 0 amide bonds. The zero-order valence-corrected chi connectivity index (χ0v) is 9.21. The summed E-state index contributed by atoms with van der Waals surface area (Å²) in [6.45, 7) is 0. The maximum Gasteiger partial charge on any atom is 0.266 e. The highest BCUT2D eigenvalue weighted by molar-refractivity contribution is 7.71. The van der Waals surface area contributed by atoms with Gasteiger partial charge in [-0.2, -0.15) is 0 Å². The summed E-state index contributed by atoms with van der Waals surface area (Å²) in [5.41, 5.74) is 1.50. The van der Waals surface area contributed by atoms with Gasteiger partial charge in [-0.3, -0.25) is 0 Å². The van der Waals surface area contributed by atoms with Crippen LogP contribution in [0.4, 0.5) is 0 Å². The molecule has 0 fully saturated rings. The number of rotatable bonds is 1. The largest absolute Gasteiger partial charge is 0.437 e. The van der Waals surface area contributed by atoms with Gasteiger partial charge in [-0.1, -0.05) is 35.3 Å². The molecule has 1 aromatic heterocycles. The van der Waals surface area contributed by atoms with Crippen LogP contribution >= 0.6 is 35.4 Å². The van der Waals surface area contributed by atoms with Crippen LogP contribution in [-0.2, 0) is 0 Å². The predicted octanol–water partition coefficient (Wildman–Crippen LogP) is 4.31. The van der Waals surface area contributed by atoms with Crippen LogP contribution in [0, 0.1) is 4.84 Å². The molecule has 72 valence electrons. The molecule has 0 saturated heterocycles. The average Bonchev–Trinajstić information content (AvgIpc) is 2.57. The second-order valence-corrected chi connectivity index (χ2v) is 3.82.